The lowest BCUT2D eigenvalue weighted by Gasteiger charge is -2.09. The Balaban J connectivity index is 1.75. The first-order chi connectivity index (χ1) is 9.72. The molecule has 2 aromatic rings. The quantitative estimate of drug-likeness (QED) is 0.887. The first-order valence-corrected chi connectivity index (χ1v) is 7.29. The van der Waals surface area contributed by atoms with E-state index in [0.29, 0.717) is 34.3 Å². The molecule has 0 unspecified atom stereocenters. The molecular formula is C15H14Cl2N2O. The van der Waals surface area contributed by atoms with Gasteiger partial charge in [0.25, 0.3) is 0 Å². The maximum Gasteiger partial charge on any atom is 0.219 e. The standard InChI is InChI=1S/C15H14Cl2N2O/c16-11-7-8-15(19-13(11)9-18-10-5-6-10)20-14-4-2-1-3-12(14)17/h1-4,7-8,10,18H,5-6,9H2. The van der Waals surface area contributed by atoms with Crippen LogP contribution >= 0.6 is 23.2 Å². The van der Waals surface area contributed by atoms with Gasteiger partial charge in [-0.1, -0.05) is 35.3 Å². The van der Waals surface area contributed by atoms with E-state index in [2.05, 4.69) is 10.3 Å². The van der Waals surface area contributed by atoms with Gasteiger partial charge in [-0.3, -0.25) is 0 Å². The van der Waals surface area contributed by atoms with Crippen LogP contribution in [-0.4, -0.2) is 11.0 Å². The number of halogens is 2. The Morgan fingerprint density at radius 1 is 1.10 bits per heavy atom. The molecule has 1 aliphatic rings. The molecule has 1 N–H and O–H groups in total. The Bertz CT molecular complexity index is 615. The smallest absolute Gasteiger partial charge is 0.219 e. The SMILES string of the molecule is Clc1ccccc1Oc1ccc(Cl)c(CNC2CC2)n1. The summed E-state index contributed by atoms with van der Waals surface area (Å²) in [7, 11) is 0. The summed E-state index contributed by atoms with van der Waals surface area (Å²) in [4.78, 5) is 4.43. The van der Waals surface area contributed by atoms with Gasteiger partial charge in [-0.05, 0) is 31.0 Å². The van der Waals surface area contributed by atoms with Gasteiger partial charge in [0.2, 0.25) is 5.88 Å². The average Bonchev–Trinajstić information content (AvgIpc) is 3.26. The predicted octanol–water partition coefficient (Wildman–Crippen LogP) is 4.43. The van der Waals surface area contributed by atoms with Crippen molar-refractivity contribution in [3.8, 4) is 11.6 Å². The Morgan fingerprint density at radius 2 is 1.90 bits per heavy atom. The number of para-hydroxylation sites is 1. The van der Waals surface area contributed by atoms with E-state index in [9.17, 15) is 0 Å². The van der Waals surface area contributed by atoms with Crippen LogP contribution in [0.2, 0.25) is 10.0 Å². The Kier molecular flexibility index (Phi) is 4.10. The van der Waals surface area contributed by atoms with Gasteiger partial charge in [0.1, 0.15) is 5.75 Å². The van der Waals surface area contributed by atoms with Crippen molar-refractivity contribution < 1.29 is 4.74 Å². The van der Waals surface area contributed by atoms with Crippen LogP contribution in [0.15, 0.2) is 36.4 Å². The highest BCUT2D eigenvalue weighted by Gasteiger charge is 2.20. The van der Waals surface area contributed by atoms with Gasteiger partial charge in [0.15, 0.2) is 0 Å². The minimum atomic E-state index is 0.495. The monoisotopic (exact) mass is 308 g/mol. The van der Waals surface area contributed by atoms with Crippen LogP contribution in [0.4, 0.5) is 0 Å². The minimum absolute atomic E-state index is 0.495. The lowest BCUT2D eigenvalue weighted by atomic mass is 10.3. The average molecular weight is 309 g/mol. The van der Waals surface area contributed by atoms with Crippen molar-refractivity contribution in [3.05, 3.63) is 52.1 Å². The lowest BCUT2D eigenvalue weighted by molar-refractivity contribution is 0.459. The van der Waals surface area contributed by atoms with E-state index in [1.807, 2.05) is 12.1 Å². The van der Waals surface area contributed by atoms with Crippen LogP contribution in [0.3, 0.4) is 0 Å². The molecule has 0 bridgehead atoms. The van der Waals surface area contributed by atoms with Crippen LogP contribution < -0.4 is 10.1 Å². The van der Waals surface area contributed by atoms with E-state index < -0.39 is 0 Å². The van der Waals surface area contributed by atoms with E-state index >= 15 is 0 Å². The summed E-state index contributed by atoms with van der Waals surface area (Å²) in [6.45, 7) is 0.656. The second-order valence-corrected chi connectivity index (χ2v) is 5.58. The third kappa shape index (κ3) is 3.42. The van der Waals surface area contributed by atoms with Crippen molar-refractivity contribution in [2.75, 3.05) is 0 Å². The topological polar surface area (TPSA) is 34.1 Å². The molecule has 0 aliphatic heterocycles. The molecule has 1 aromatic carbocycles. The molecule has 1 aliphatic carbocycles. The van der Waals surface area contributed by atoms with Gasteiger partial charge in [0, 0.05) is 18.7 Å². The highest BCUT2D eigenvalue weighted by atomic mass is 35.5. The fourth-order valence-corrected chi connectivity index (χ4v) is 2.16. The summed E-state index contributed by atoms with van der Waals surface area (Å²) in [5.41, 5.74) is 0.795. The van der Waals surface area contributed by atoms with Crippen molar-refractivity contribution in [2.24, 2.45) is 0 Å². The van der Waals surface area contributed by atoms with Gasteiger partial charge in [-0.2, -0.15) is 0 Å². The number of rotatable bonds is 5. The zero-order valence-electron chi connectivity index (χ0n) is 10.8. The molecule has 5 heteroatoms. The molecule has 3 rings (SSSR count). The van der Waals surface area contributed by atoms with Gasteiger partial charge >= 0.3 is 0 Å². The molecule has 20 heavy (non-hydrogen) atoms. The molecule has 1 saturated carbocycles. The van der Waals surface area contributed by atoms with Crippen LogP contribution in [0.5, 0.6) is 11.6 Å². The second-order valence-electron chi connectivity index (χ2n) is 4.77. The summed E-state index contributed by atoms with van der Waals surface area (Å²) < 4.78 is 5.70. The number of benzene rings is 1. The molecule has 1 heterocycles. The third-order valence-electron chi connectivity index (χ3n) is 3.08. The third-order valence-corrected chi connectivity index (χ3v) is 3.74. The number of hydrogen-bond donors (Lipinski definition) is 1. The number of nitrogens with one attached hydrogen (secondary N) is 1. The van der Waals surface area contributed by atoms with E-state index in [-0.39, 0.29) is 0 Å². The van der Waals surface area contributed by atoms with Crippen molar-refractivity contribution in [3.63, 3.8) is 0 Å². The fraction of sp³-hybridized carbons (Fsp3) is 0.267. The zero-order chi connectivity index (χ0) is 13.9. The van der Waals surface area contributed by atoms with E-state index in [1.165, 1.54) is 12.8 Å². The first kappa shape index (κ1) is 13.7. The maximum absolute atomic E-state index is 6.15. The summed E-state index contributed by atoms with van der Waals surface area (Å²) in [6.07, 6.45) is 2.46. The Labute approximate surface area is 127 Å². The molecule has 104 valence electrons. The minimum Gasteiger partial charge on any atom is -0.437 e. The molecule has 3 nitrogen and oxygen atoms in total. The molecule has 0 amide bonds. The van der Waals surface area contributed by atoms with Gasteiger partial charge in [0.05, 0.1) is 15.7 Å². The summed E-state index contributed by atoms with van der Waals surface area (Å²) in [5, 5.41) is 4.59. The highest BCUT2D eigenvalue weighted by Crippen LogP contribution is 2.29. The van der Waals surface area contributed by atoms with Crippen LogP contribution in [0.25, 0.3) is 0 Å². The molecular weight excluding hydrogens is 295 g/mol. The van der Waals surface area contributed by atoms with E-state index in [4.69, 9.17) is 27.9 Å². The first-order valence-electron chi connectivity index (χ1n) is 6.53. The normalized spacial score (nSPS) is 14.3. The van der Waals surface area contributed by atoms with Crippen molar-refractivity contribution in [2.45, 2.75) is 25.4 Å². The fourth-order valence-electron chi connectivity index (χ4n) is 1.81. The second kappa shape index (κ2) is 6.00. The van der Waals surface area contributed by atoms with Gasteiger partial charge in [-0.15, -0.1) is 0 Å². The Hall–Kier alpha value is -1.29. The molecule has 1 fully saturated rings. The predicted molar refractivity (Wildman–Crippen MR) is 80.6 cm³/mol. The molecule has 1 aromatic heterocycles. The lowest BCUT2D eigenvalue weighted by Crippen LogP contribution is -2.16. The molecule has 0 radical (unpaired) electrons. The molecule has 0 atom stereocenters. The molecule has 0 saturated heterocycles. The van der Waals surface area contributed by atoms with E-state index in [1.54, 1.807) is 24.3 Å². The number of aromatic nitrogens is 1. The summed E-state index contributed by atoms with van der Waals surface area (Å²) in [6, 6.07) is 11.5. The van der Waals surface area contributed by atoms with Crippen molar-refractivity contribution in [1.82, 2.24) is 10.3 Å². The van der Waals surface area contributed by atoms with Gasteiger partial charge < -0.3 is 10.1 Å². The summed E-state index contributed by atoms with van der Waals surface area (Å²) in [5.74, 6) is 1.08. The van der Waals surface area contributed by atoms with E-state index in [0.717, 1.165) is 5.69 Å². The van der Waals surface area contributed by atoms with Gasteiger partial charge in [-0.25, -0.2) is 4.98 Å². The highest BCUT2D eigenvalue weighted by molar-refractivity contribution is 6.32. The number of nitrogens with zero attached hydrogens (tertiary/aromatic N) is 1. The van der Waals surface area contributed by atoms with Crippen molar-refractivity contribution >= 4 is 23.2 Å². The number of pyridine rings is 1. The Morgan fingerprint density at radius 3 is 2.65 bits per heavy atom. The van der Waals surface area contributed by atoms with Crippen molar-refractivity contribution in [1.29, 1.82) is 0 Å². The zero-order valence-corrected chi connectivity index (χ0v) is 12.3. The summed E-state index contributed by atoms with van der Waals surface area (Å²) >= 11 is 12.2. The van der Waals surface area contributed by atoms with Crippen LogP contribution in [-0.2, 0) is 6.54 Å². The van der Waals surface area contributed by atoms with Crippen LogP contribution in [0, 0.1) is 0 Å². The molecule has 0 spiro atoms. The maximum atomic E-state index is 6.15. The largest absolute Gasteiger partial charge is 0.437 e. The number of hydrogen-bond acceptors (Lipinski definition) is 3. The van der Waals surface area contributed by atoms with Crippen LogP contribution in [0.1, 0.15) is 18.5 Å². The number of ether oxygens (including phenoxy) is 1.